The first-order chi connectivity index (χ1) is 16.6. The standard InChI is InChI=1S/C22H20N4O8S/c1-3-33-22-12-16(6-11-21(22)34-35(31,32)18-8-4-15(2)5-9-18)14-23-24-19-10-7-17(25(27)28)13-20(19)26(29)30/h4-14,24H,3H2,1-2H3/b23-14-. The van der Waals surface area contributed by atoms with E-state index in [4.69, 9.17) is 8.92 Å². The van der Waals surface area contributed by atoms with E-state index in [2.05, 4.69) is 10.5 Å². The molecule has 182 valence electrons. The maximum Gasteiger partial charge on any atom is 0.339 e. The lowest BCUT2D eigenvalue weighted by Gasteiger charge is -2.12. The molecule has 0 saturated heterocycles. The quantitative estimate of drug-likeness (QED) is 0.184. The van der Waals surface area contributed by atoms with Crippen LogP contribution < -0.4 is 14.3 Å². The molecule has 0 aliphatic rings. The van der Waals surface area contributed by atoms with Gasteiger partial charge in [-0.1, -0.05) is 17.7 Å². The van der Waals surface area contributed by atoms with Crippen LogP contribution in [0.3, 0.4) is 0 Å². The van der Waals surface area contributed by atoms with E-state index in [1.54, 1.807) is 19.1 Å². The monoisotopic (exact) mass is 500 g/mol. The zero-order valence-electron chi connectivity index (χ0n) is 18.6. The number of non-ortho nitro benzene ring substituents is 1. The maximum absolute atomic E-state index is 12.6. The summed E-state index contributed by atoms with van der Waals surface area (Å²) in [5, 5.41) is 26.0. The van der Waals surface area contributed by atoms with Crippen molar-refractivity contribution >= 4 is 33.4 Å². The molecule has 0 fully saturated rings. The van der Waals surface area contributed by atoms with E-state index in [1.165, 1.54) is 42.6 Å². The molecule has 0 saturated carbocycles. The molecule has 0 unspecified atom stereocenters. The lowest BCUT2D eigenvalue weighted by molar-refractivity contribution is -0.393. The summed E-state index contributed by atoms with van der Waals surface area (Å²) in [7, 11) is -4.10. The van der Waals surface area contributed by atoms with Crippen molar-refractivity contribution < 1.29 is 27.2 Å². The van der Waals surface area contributed by atoms with Crippen molar-refractivity contribution in [1.29, 1.82) is 0 Å². The maximum atomic E-state index is 12.6. The number of benzene rings is 3. The molecular weight excluding hydrogens is 480 g/mol. The number of hydrazone groups is 1. The largest absolute Gasteiger partial charge is 0.490 e. The third kappa shape index (κ3) is 6.29. The molecule has 0 atom stereocenters. The summed E-state index contributed by atoms with van der Waals surface area (Å²) in [4.78, 5) is 20.6. The molecule has 0 aliphatic carbocycles. The third-order valence-electron chi connectivity index (χ3n) is 4.56. The van der Waals surface area contributed by atoms with Crippen LogP contribution in [0.15, 0.2) is 70.7 Å². The Kier molecular flexibility index (Phi) is 7.61. The van der Waals surface area contributed by atoms with E-state index in [0.29, 0.717) is 5.56 Å². The Labute approximate surface area is 200 Å². The van der Waals surface area contributed by atoms with E-state index >= 15 is 0 Å². The molecule has 0 amide bonds. The minimum atomic E-state index is -4.10. The summed E-state index contributed by atoms with van der Waals surface area (Å²) in [6, 6.07) is 13.7. The van der Waals surface area contributed by atoms with Gasteiger partial charge in [0.25, 0.3) is 5.69 Å². The zero-order chi connectivity index (χ0) is 25.6. The van der Waals surface area contributed by atoms with Gasteiger partial charge in [0.1, 0.15) is 10.6 Å². The van der Waals surface area contributed by atoms with E-state index in [1.807, 2.05) is 6.92 Å². The van der Waals surface area contributed by atoms with Gasteiger partial charge in [-0.05, 0) is 55.8 Å². The van der Waals surface area contributed by atoms with Crippen molar-refractivity contribution in [3.63, 3.8) is 0 Å². The fourth-order valence-corrected chi connectivity index (χ4v) is 3.81. The summed E-state index contributed by atoms with van der Waals surface area (Å²) >= 11 is 0. The molecule has 0 heterocycles. The van der Waals surface area contributed by atoms with Gasteiger partial charge in [-0.2, -0.15) is 13.5 Å². The Morgan fingerprint density at radius 2 is 1.69 bits per heavy atom. The van der Waals surface area contributed by atoms with Crippen molar-refractivity contribution in [2.24, 2.45) is 5.10 Å². The highest BCUT2D eigenvalue weighted by atomic mass is 32.2. The molecule has 3 aromatic rings. The summed E-state index contributed by atoms with van der Waals surface area (Å²) in [6.45, 7) is 3.78. The Morgan fingerprint density at radius 1 is 0.971 bits per heavy atom. The minimum Gasteiger partial charge on any atom is -0.490 e. The second-order valence-corrected chi connectivity index (χ2v) is 8.62. The average Bonchev–Trinajstić information content (AvgIpc) is 2.81. The first-order valence-electron chi connectivity index (χ1n) is 10.1. The first kappa shape index (κ1) is 25.1. The molecule has 0 radical (unpaired) electrons. The molecule has 12 nitrogen and oxygen atoms in total. The molecule has 35 heavy (non-hydrogen) atoms. The molecule has 0 spiro atoms. The third-order valence-corrected chi connectivity index (χ3v) is 5.81. The van der Waals surface area contributed by atoms with Gasteiger partial charge < -0.3 is 8.92 Å². The highest BCUT2D eigenvalue weighted by molar-refractivity contribution is 7.87. The molecule has 1 N–H and O–H groups in total. The summed E-state index contributed by atoms with van der Waals surface area (Å²) in [6.07, 6.45) is 1.31. The topological polar surface area (TPSA) is 163 Å². The van der Waals surface area contributed by atoms with Gasteiger partial charge in [0, 0.05) is 6.07 Å². The van der Waals surface area contributed by atoms with Crippen molar-refractivity contribution in [3.8, 4) is 11.5 Å². The van der Waals surface area contributed by atoms with E-state index in [9.17, 15) is 28.6 Å². The number of nitrogens with zero attached hydrogens (tertiary/aromatic N) is 3. The first-order valence-corrected chi connectivity index (χ1v) is 11.5. The Hall–Kier alpha value is -4.52. The fraction of sp³-hybridized carbons (Fsp3) is 0.136. The summed E-state index contributed by atoms with van der Waals surface area (Å²) in [5.41, 5.74) is 2.84. The number of nitrogens with one attached hydrogen (secondary N) is 1. The summed E-state index contributed by atoms with van der Waals surface area (Å²) < 4.78 is 36.0. The minimum absolute atomic E-state index is 0.00919. The second kappa shape index (κ2) is 10.6. The number of aryl methyl sites for hydroxylation is 1. The van der Waals surface area contributed by atoms with Crippen molar-refractivity contribution in [2.75, 3.05) is 12.0 Å². The molecule has 3 aromatic carbocycles. The van der Waals surface area contributed by atoms with Gasteiger partial charge >= 0.3 is 15.8 Å². The number of anilines is 1. The Morgan fingerprint density at radius 3 is 2.31 bits per heavy atom. The highest BCUT2D eigenvalue weighted by Crippen LogP contribution is 2.31. The van der Waals surface area contributed by atoms with Crippen LogP contribution in [0.1, 0.15) is 18.1 Å². The van der Waals surface area contributed by atoms with Crippen LogP contribution in [0.2, 0.25) is 0 Å². The van der Waals surface area contributed by atoms with E-state index < -0.39 is 31.3 Å². The normalized spacial score (nSPS) is 11.3. The van der Waals surface area contributed by atoms with Crippen LogP contribution in [-0.4, -0.2) is 31.1 Å². The van der Waals surface area contributed by atoms with Gasteiger partial charge in [-0.3, -0.25) is 25.7 Å². The van der Waals surface area contributed by atoms with E-state index in [-0.39, 0.29) is 28.7 Å². The smallest absolute Gasteiger partial charge is 0.339 e. The molecule has 0 aromatic heterocycles. The number of nitro benzene ring substituents is 2. The van der Waals surface area contributed by atoms with Gasteiger partial charge in [-0.25, -0.2) is 0 Å². The van der Waals surface area contributed by atoms with Crippen LogP contribution in [-0.2, 0) is 10.1 Å². The predicted molar refractivity (Wildman–Crippen MR) is 128 cm³/mol. The molecule has 0 aliphatic heterocycles. The van der Waals surface area contributed by atoms with Gasteiger partial charge in [-0.15, -0.1) is 0 Å². The molecule has 13 heteroatoms. The zero-order valence-corrected chi connectivity index (χ0v) is 19.4. The van der Waals surface area contributed by atoms with Crippen LogP contribution in [0.5, 0.6) is 11.5 Å². The number of nitro groups is 2. The fourth-order valence-electron chi connectivity index (χ4n) is 2.87. The van der Waals surface area contributed by atoms with Crippen LogP contribution in [0.25, 0.3) is 0 Å². The number of hydrogen-bond donors (Lipinski definition) is 1. The van der Waals surface area contributed by atoms with Crippen molar-refractivity contribution in [3.05, 3.63) is 92.0 Å². The number of ether oxygens (including phenoxy) is 1. The molecule has 3 rings (SSSR count). The van der Waals surface area contributed by atoms with Gasteiger partial charge in [0.15, 0.2) is 11.5 Å². The molecule has 0 bridgehead atoms. The van der Waals surface area contributed by atoms with Gasteiger partial charge in [0.2, 0.25) is 0 Å². The van der Waals surface area contributed by atoms with Crippen LogP contribution >= 0.6 is 0 Å². The Bertz CT molecular complexity index is 1390. The number of hydrogen-bond acceptors (Lipinski definition) is 10. The second-order valence-electron chi connectivity index (χ2n) is 7.08. The van der Waals surface area contributed by atoms with Crippen molar-refractivity contribution in [2.45, 2.75) is 18.7 Å². The predicted octanol–water partition coefficient (Wildman–Crippen LogP) is 4.42. The lowest BCUT2D eigenvalue weighted by Crippen LogP contribution is -2.11. The Balaban J connectivity index is 1.82. The number of rotatable bonds is 10. The highest BCUT2D eigenvalue weighted by Gasteiger charge is 2.20. The summed E-state index contributed by atoms with van der Waals surface area (Å²) in [5.74, 6) is 0.122. The average molecular weight is 500 g/mol. The van der Waals surface area contributed by atoms with E-state index in [0.717, 1.165) is 17.7 Å². The van der Waals surface area contributed by atoms with Gasteiger partial charge in [0.05, 0.1) is 28.7 Å². The van der Waals surface area contributed by atoms with Crippen LogP contribution in [0.4, 0.5) is 17.1 Å². The molecular formula is C22H20N4O8S. The lowest BCUT2D eigenvalue weighted by atomic mass is 10.2. The SMILES string of the molecule is CCOc1cc(/C=N\Nc2ccc([N+](=O)[O-])cc2[N+](=O)[O-])ccc1OS(=O)(=O)c1ccc(C)cc1. The van der Waals surface area contributed by atoms with Crippen LogP contribution in [0, 0.1) is 27.2 Å². The van der Waals surface area contributed by atoms with Crippen molar-refractivity contribution in [1.82, 2.24) is 0 Å².